The number of hydrogen-bond donors (Lipinski definition) is 2. The van der Waals surface area contributed by atoms with Crippen molar-refractivity contribution in [1.29, 1.82) is 0 Å². The summed E-state index contributed by atoms with van der Waals surface area (Å²) >= 11 is 0. The molecule has 0 unspecified atom stereocenters. The molecule has 120 valence electrons. The fraction of sp³-hybridized carbons (Fsp3) is 0.500. The Morgan fingerprint density at radius 2 is 2.14 bits per heavy atom. The second-order valence-corrected chi connectivity index (χ2v) is 5.52. The molecule has 1 aliphatic rings. The van der Waals surface area contributed by atoms with Crippen molar-refractivity contribution in [3.8, 4) is 0 Å². The van der Waals surface area contributed by atoms with E-state index in [1.807, 2.05) is 37.3 Å². The number of nitrogens with two attached hydrogens (primary N) is 1. The van der Waals surface area contributed by atoms with Gasteiger partial charge in [-0.2, -0.15) is 0 Å². The van der Waals surface area contributed by atoms with Crippen LogP contribution < -0.4 is 11.1 Å². The first-order valence-electron chi connectivity index (χ1n) is 7.59. The molecule has 0 bridgehead atoms. The van der Waals surface area contributed by atoms with Gasteiger partial charge in [-0.15, -0.1) is 0 Å². The number of carbonyl (C=O) groups excluding carboxylic acids is 2. The lowest BCUT2D eigenvalue weighted by atomic mass is 10.2. The minimum atomic E-state index is -0.733. The fourth-order valence-electron chi connectivity index (χ4n) is 2.59. The molecule has 3 N–H and O–H groups in total. The molecule has 0 aromatic heterocycles. The number of likely N-dealkylation sites (tertiary alicyclic amines) is 1. The topological polar surface area (TPSA) is 84.7 Å². The summed E-state index contributed by atoms with van der Waals surface area (Å²) in [5.74, 6) is -0.135. The molecule has 0 spiro atoms. The lowest BCUT2D eigenvalue weighted by Crippen LogP contribution is -2.53. The van der Waals surface area contributed by atoms with E-state index in [0.29, 0.717) is 0 Å². The molecule has 2 amide bonds. The summed E-state index contributed by atoms with van der Waals surface area (Å²) in [7, 11) is 0. The van der Waals surface area contributed by atoms with Gasteiger partial charge in [-0.3, -0.25) is 4.79 Å². The number of benzene rings is 1. The molecular weight excluding hydrogens is 282 g/mol. The molecule has 1 saturated heterocycles. The van der Waals surface area contributed by atoms with Crippen LogP contribution in [0.15, 0.2) is 30.3 Å². The maximum atomic E-state index is 12.4. The van der Waals surface area contributed by atoms with Crippen molar-refractivity contribution in [2.24, 2.45) is 5.73 Å². The van der Waals surface area contributed by atoms with Crippen molar-refractivity contribution in [3.63, 3.8) is 0 Å². The predicted molar refractivity (Wildman–Crippen MR) is 83.0 cm³/mol. The maximum absolute atomic E-state index is 12.4. The largest absolute Gasteiger partial charge is 0.445 e. The molecule has 1 aromatic rings. The highest BCUT2D eigenvalue weighted by atomic mass is 16.5. The van der Waals surface area contributed by atoms with Crippen LogP contribution in [-0.2, 0) is 16.1 Å². The van der Waals surface area contributed by atoms with Crippen LogP contribution in [0, 0.1) is 0 Å². The van der Waals surface area contributed by atoms with Crippen LogP contribution in [0.5, 0.6) is 0 Å². The molecule has 0 aliphatic carbocycles. The SMILES string of the molecule is C[C@H]1CCCN1C(=O)[C@H](CN)NC(=O)OCc1ccccc1. The second kappa shape index (κ2) is 7.79. The van der Waals surface area contributed by atoms with Gasteiger partial charge < -0.3 is 20.7 Å². The highest BCUT2D eigenvalue weighted by molar-refractivity contribution is 5.86. The van der Waals surface area contributed by atoms with Crippen molar-refractivity contribution in [2.75, 3.05) is 13.1 Å². The Balaban J connectivity index is 1.84. The highest BCUT2D eigenvalue weighted by Gasteiger charge is 2.31. The summed E-state index contributed by atoms with van der Waals surface area (Å²) in [5.41, 5.74) is 6.51. The van der Waals surface area contributed by atoms with E-state index >= 15 is 0 Å². The monoisotopic (exact) mass is 305 g/mol. The van der Waals surface area contributed by atoms with Crippen LogP contribution in [0.1, 0.15) is 25.3 Å². The number of rotatable bonds is 5. The van der Waals surface area contributed by atoms with E-state index in [9.17, 15) is 9.59 Å². The van der Waals surface area contributed by atoms with E-state index in [4.69, 9.17) is 10.5 Å². The summed E-state index contributed by atoms with van der Waals surface area (Å²) in [5, 5.41) is 2.56. The molecule has 2 rings (SSSR count). The molecule has 1 heterocycles. The highest BCUT2D eigenvalue weighted by Crippen LogP contribution is 2.17. The standard InChI is InChI=1S/C16H23N3O3/c1-12-6-5-9-19(12)15(20)14(10-17)18-16(21)22-11-13-7-3-2-4-8-13/h2-4,7-8,12,14H,5-6,9-11,17H2,1H3,(H,18,21)/t12-,14-/m0/s1. The second-order valence-electron chi connectivity index (χ2n) is 5.52. The van der Waals surface area contributed by atoms with Crippen LogP contribution in [0.25, 0.3) is 0 Å². The molecule has 0 saturated carbocycles. The number of carbonyl (C=O) groups is 2. The zero-order valence-corrected chi connectivity index (χ0v) is 12.8. The van der Waals surface area contributed by atoms with Gasteiger partial charge in [-0.25, -0.2) is 4.79 Å². The number of amides is 2. The van der Waals surface area contributed by atoms with E-state index in [1.54, 1.807) is 4.90 Å². The van der Waals surface area contributed by atoms with Gasteiger partial charge in [-0.1, -0.05) is 30.3 Å². The Bertz CT molecular complexity index is 507. The first-order chi connectivity index (χ1) is 10.6. The minimum absolute atomic E-state index is 0.0580. The van der Waals surface area contributed by atoms with E-state index < -0.39 is 12.1 Å². The zero-order chi connectivity index (χ0) is 15.9. The van der Waals surface area contributed by atoms with Crippen molar-refractivity contribution < 1.29 is 14.3 Å². The first kappa shape index (κ1) is 16.3. The third kappa shape index (κ3) is 4.21. The van der Waals surface area contributed by atoms with E-state index in [2.05, 4.69) is 5.32 Å². The Morgan fingerprint density at radius 1 is 1.41 bits per heavy atom. The van der Waals surface area contributed by atoms with E-state index in [-0.39, 0.29) is 25.1 Å². The maximum Gasteiger partial charge on any atom is 0.408 e. The molecular formula is C16H23N3O3. The van der Waals surface area contributed by atoms with Gasteiger partial charge in [0.05, 0.1) is 0 Å². The Hall–Kier alpha value is -2.08. The van der Waals surface area contributed by atoms with Crippen molar-refractivity contribution in [2.45, 2.75) is 38.5 Å². The van der Waals surface area contributed by atoms with Crippen molar-refractivity contribution >= 4 is 12.0 Å². The van der Waals surface area contributed by atoms with Crippen LogP contribution in [0.3, 0.4) is 0 Å². The molecule has 1 aromatic carbocycles. The third-order valence-corrected chi connectivity index (χ3v) is 3.87. The lowest BCUT2D eigenvalue weighted by Gasteiger charge is -2.26. The first-order valence-corrected chi connectivity index (χ1v) is 7.59. The average molecular weight is 305 g/mol. The minimum Gasteiger partial charge on any atom is -0.445 e. The smallest absolute Gasteiger partial charge is 0.408 e. The van der Waals surface area contributed by atoms with Crippen LogP contribution in [0.2, 0.25) is 0 Å². The molecule has 2 atom stereocenters. The van der Waals surface area contributed by atoms with Crippen LogP contribution in [-0.4, -0.2) is 42.1 Å². The number of alkyl carbamates (subject to hydrolysis) is 1. The van der Waals surface area contributed by atoms with Gasteiger partial charge in [0.15, 0.2) is 0 Å². The van der Waals surface area contributed by atoms with Crippen molar-refractivity contribution in [1.82, 2.24) is 10.2 Å². The quantitative estimate of drug-likeness (QED) is 0.857. The van der Waals surface area contributed by atoms with Crippen LogP contribution >= 0.6 is 0 Å². The number of nitrogens with one attached hydrogen (secondary N) is 1. The Morgan fingerprint density at radius 3 is 2.73 bits per heavy atom. The number of ether oxygens (including phenoxy) is 1. The van der Waals surface area contributed by atoms with E-state index in [1.165, 1.54) is 0 Å². The Kier molecular flexibility index (Phi) is 5.77. The summed E-state index contributed by atoms with van der Waals surface area (Å²) < 4.78 is 5.12. The molecule has 22 heavy (non-hydrogen) atoms. The van der Waals surface area contributed by atoms with E-state index in [0.717, 1.165) is 24.9 Å². The summed E-state index contributed by atoms with van der Waals surface area (Å²) in [6, 6.07) is 8.83. The van der Waals surface area contributed by atoms with Gasteiger partial charge in [-0.05, 0) is 25.3 Å². The average Bonchev–Trinajstić information content (AvgIpc) is 2.97. The third-order valence-electron chi connectivity index (χ3n) is 3.87. The van der Waals surface area contributed by atoms with Gasteiger partial charge in [0.2, 0.25) is 5.91 Å². The van der Waals surface area contributed by atoms with Gasteiger partial charge in [0, 0.05) is 19.1 Å². The molecule has 6 heteroatoms. The van der Waals surface area contributed by atoms with Gasteiger partial charge in [0.25, 0.3) is 0 Å². The fourth-order valence-corrected chi connectivity index (χ4v) is 2.59. The molecule has 1 aliphatic heterocycles. The number of hydrogen-bond acceptors (Lipinski definition) is 4. The summed E-state index contributed by atoms with van der Waals surface area (Å²) in [6.07, 6.45) is 1.35. The normalized spacial score (nSPS) is 18.8. The van der Waals surface area contributed by atoms with Crippen molar-refractivity contribution in [3.05, 3.63) is 35.9 Å². The van der Waals surface area contributed by atoms with Gasteiger partial charge in [0.1, 0.15) is 12.6 Å². The predicted octanol–water partition coefficient (Wildman–Crippen LogP) is 1.25. The summed E-state index contributed by atoms with van der Waals surface area (Å²) in [6.45, 7) is 2.95. The molecule has 0 radical (unpaired) electrons. The van der Waals surface area contributed by atoms with Gasteiger partial charge >= 0.3 is 6.09 Å². The molecule has 1 fully saturated rings. The Labute approximate surface area is 130 Å². The zero-order valence-electron chi connectivity index (χ0n) is 12.8. The summed E-state index contributed by atoms with van der Waals surface area (Å²) in [4.78, 5) is 26.0. The molecule has 6 nitrogen and oxygen atoms in total. The van der Waals surface area contributed by atoms with Crippen LogP contribution in [0.4, 0.5) is 4.79 Å². The lowest BCUT2D eigenvalue weighted by molar-refractivity contribution is -0.133. The number of nitrogens with zero attached hydrogens (tertiary/aromatic N) is 1.